The van der Waals surface area contributed by atoms with E-state index in [-0.39, 0.29) is 5.78 Å². The fourth-order valence-corrected chi connectivity index (χ4v) is 2.31. The molecule has 1 N–H and O–H groups in total. The van der Waals surface area contributed by atoms with Crippen LogP contribution in [0.5, 0.6) is 0 Å². The normalized spacial score (nSPS) is 11.5. The SMILES string of the molecule is CS(=O)(=O)Nc1ccc(C(=O)/C=C\c2ccccc2)cc1. The Kier molecular flexibility index (Phi) is 4.55. The van der Waals surface area contributed by atoms with Gasteiger partial charge in [-0.15, -0.1) is 0 Å². The second kappa shape index (κ2) is 6.37. The zero-order valence-electron chi connectivity index (χ0n) is 11.5. The summed E-state index contributed by atoms with van der Waals surface area (Å²) < 4.78 is 24.5. The van der Waals surface area contributed by atoms with E-state index < -0.39 is 10.0 Å². The van der Waals surface area contributed by atoms with Gasteiger partial charge in [0.2, 0.25) is 10.0 Å². The molecule has 0 aliphatic heterocycles. The van der Waals surface area contributed by atoms with Crippen LogP contribution in [0.4, 0.5) is 5.69 Å². The van der Waals surface area contributed by atoms with Crippen molar-refractivity contribution in [2.24, 2.45) is 0 Å². The van der Waals surface area contributed by atoms with Crippen LogP contribution >= 0.6 is 0 Å². The minimum absolute atomic E-state index is 0.134. The van der Waals surface area contributed by atoms with Gasteiger partial charge < -0.3 is 0 Å². The van der Waals surface area contributed by atoms with Crippen LogP contribution < -0.4 is 4.72 Å². The van der Waals surface area contributed by atoms with Crippen molar-refractivity contribution >= 4 is 27.6 Å². The quantitative estimate of drug-likeness (QED) is 0.682. The lowest BCUT2D eigenvalue weighted by atomic mass is 10.1. The molecule has 0 heterocycles. The van der Waals surface area contributed by atoms with E-state index in [0.717, 1.165) is 11.8 Å². The monoisotopic (exact) mass is 301 g/mol. The number of carbonyl (C=O) groups excluding carboxylic acids is 1. The van der Waals surface area contributed by atoms with Crippen molar-refractivity contribution in [3.05, 3.63) is 71.8 Å². The van der Waals surface area contributed by atoms with Crippen molar-refractivity contribution in [3.63, 3.8) is 0 Å². The van der Waals surface area contributed by atoms with Crippen molar-refractivity contribution in [3.8, 4) is 0 Å². The number of hydrogen-bond donors (Lipinski definition) is 1. The lowest BCUT2D eigenvalue weighted by Crippen LogP contribution is -2.09. The third-order valence-corrected chi connectivity index (χ3v) is 3.31. The molecule has 0 radical (unpaired) electrons. The molecule has 0 aliphatic carbocycles. The molecule has 0 spiro atoms. The molecule has 0 bridgehead atoms. The Morgan fingerprint density at radius 2 is 1.62 bits per heavy atom. The molecule has 0 aromatic heterocycles. The van der Waals surface area contributed by atoms with Gasteiger partial charge in [0, 0.05) is 11.3 Å². The van der Waals surface area contributed by atoms with Crippen molar-refractivity contribution in [1.29, 1.82) is 0 Å². The molecule has 0 fully saturated rings. The maximum Gasteiger partial charge on any atom is 0.229 e. The summed E-state index contributed by atoms with van der Waals surface area (Å²) in [5.74, 6) is -0.134. The van der Waals surface area contributed by atoms with Gasteiger partial charge in [-0.3, -0.25) is 9.52 Å². The lowest BCUT2D eigenvalue weighted by Gasteiger charge is -2.03. The topological polar surface area (TPSA) is 63.2 Å². The van der Waals surface area contributed by atoms with E-state index in [9.17, 15) is 13.2 Å². The Labute approximate surface area is 124 Å². The van der Waals surface area contributed by atoms with Crippen LogP contribution in [-0.2, 0) is 10.0 Å². The second-order valence-corrected chi connectivity index (χ2v) is 6.31. The molecule has 2 aromatic carbocycles. The van der Waals surface area contributed by atoms with E-state index in [2.05, 4.69) is 4.72 Å². The van der Waals surface area contributed by atoms with Crippen LogP contribution in [0.2, 0.25) is 0 Å². The van der Waals surface area contributed by atoms with Gasteiger partial charge in [0.25, 0.3) is 0 Å². The van der Waals surface area contributed by atoms with Gasteiger partial charge in [-0.05, 0) is 35.9 Å². The Balaban J connectivity index is 2.08. The highest BCUT2D eigenvalue weighted by Gasteiger charge is 2.04. The summed E-state index contributed by atoms with van der Waals surface area (Å²) in [5, 5.41) is 0. The number of benzene rings is 2. The van der Waals surface area contributed by atoms with Crippen LogP contribution in [0.15, 0.2) is 60.7 Å². The molecule has 0 atom stereocenters. The molecule has 0 aliphatic rings. The molecule has 108 valence electrons. The van der Waals surface area contributed by atoms with Crippen molar-refractivity contribution in [2.45, 2.75) is 0 Å². The number of carbonyl (C=O) groups is 1. The van der Waals surface area contributed by atoms with Gasteiger partial charge in [-0.2, -0.15) is 0 Å². The van der Waals surface area contributed by atoms with Gasteiger partial charge >= 0.3 is 0 Å². The first-order valence-corrected chi connectivity index (χ1v) is 8.18. The van der Waals surface area contributed by atoms with E-state index in [1.165, 1.54) is 6.08 Å². The Morgan fingerprint density at radius 1 is 1.00 bits per heavy atom. The van der Waals surface area contributed by atoms with Gasteiger partial charge in [-0.1, -0.05) is 36.4 Å². The van der Waals surface area contributed by atoms with E-state index >= 15 is 0 Å². The molecule has 5 heteroatoms. The molecular weight excluding hydrogens is 286 g/mol. The molecule has 0 amide bonds. The number of rotatable bonds is 5. The van der Waals surface area contributed by atoms with E-state index in [1.807, 2.05) is 30.3 Å². The molecule has 21 heavy (non-hydrogen) atoms. The highest BCUT2D eigenvalue weighted by molar-refractivity contribution is 7.92. The largest absolute Gasteiger partial charge is 0.289 e. The maximum absolute atomic E-state index is 12.0. The summed E-state index contributed by atoms with van der Waals surface area (Å²) in [6.07, 6.45) is 4.31. The maximum atomic E-state index is 12.0. The molecule has 2 aromatic rings. The summed E-state index contributed by atoms with van der Waals surface area (Å²) >= 11 is 0. The van der Waals surface area contributed by atoms with Crippen LogP contribution in [0, 0.1) is 0 Å². The van der Waals surface area contributed by atoms with Gasteiger partial charge in [0.15, 0.2) is 5.78 Å². The van der Waals surface area contributed by atoms with Crippen LogP contribution in [-0.4, -0.2) is 20.5 Å². The fourth-order valence-electron chi connectivity index (χ4n) is 1.75. The van der Waals surface area contributed by atoms with Crippen molar-refractivity contribution in [1.82, 2.24) is 0 Å². The summed E-state index contributed by atoms with van der Waals surface area (Å²) in [6.45, 7) is 0. The standard InChI is InChI=1S/C16H15NO3S/c1-21(19,20)17-15-10-8-14(9-11-15)16(18)12-7-13-5-3-2-4-6-13/h2-12,17H,1H3/b12-7-. The predicted octanol–water partition coefficient (Wildman–Crippen LogP) is 2.95. The third-order valence-electron chi connectivity index (χ3n) is 2.70. The minimum Gasteiger partial charge on any atom is -0.289 e. The van der Waals surface area contributed by atoms with Crippen LogP contribution in [0.1, 0.15) is 15.9 Å². The molecule has 2 rings (SSSR count). The van der Waals surface area contributed by atoms with Gasteiger partial charge in [0.1, 0.15) is 0 Å². The summed E-state index contributed by atoms with van der Waals surface area (Å²) in [4.78, 5) is 12.0. The first-order chi connectivity index (χ1) is 9.94. The van der Waals surface area contributed by atoms with Gasteiger partial charge in [-0.25, -0.2) is 8.42 Å². The van der Waals surface area contributed by atoms with E-state index in [1.54, 1.807) is 30.3 Å². The number of sulfonamides is 1. The first kappa shape index (κ1) is 15.0. The molecular formula is C16H15NO3S. The number of anilines is 1. The third kappa shape index (κ3) is 4.89. The number of nitrogens with one attached hydrogen (secondary N) is 1. The second-order valence-electron chi connectivity index (χ2n) is 4.56. The van der Waals surface area contributed by atoms with Crippen molar-refractivity contribution < 1.29 is 13.2 Å². The zero-order valence-corrected chi connectivity index (χ0v) is 12.3. The predicted molar refractivity (Wildman–Crippen MR) is 84.7 cm³/mol. The zero-order chi connectivity index (χ0) is 15.3. The van der Waals surface area contributed by atoms with Crippen LogP contribution in [0.3, 0.4) is 0 Å². The molecule has 0 saturated carbocycles. The molecule has 4 nitrogen and oxygen atoms in total. The Bertz CT molecular complexity index is 748. The fraction of sp³-hybridized carbons (Fsp3) is 0.0625. The van der Waals surface area contributed by atoms with Crippen LogP contribution in [0.25, 0.3) is 6.08 Å². The summed E-state index contributed by atoms with van der Waals surface area (Å²) in [5.41, 5.74) is 1.88. The Hall–Kier alpha value is -2.40. The number of ketones is 1. The number of allylic oxidation sites excluding steroid dienone is 1. The van der Waals surface area contributed by atoms with E-state index in [4.69, 9.17) is 0 Å². The average Bonchev–Trinajstić information content (AvgIpc) is 2.45. The lowest BCUT2D eigenvalue weighted by molar-refractivity contribution is 0.104. The van der Waals surface area contributed by atoms with Gasteiger partial charge in [0.05, 0.1) is 6.26 Å². The summed E-state index contributed by atoms with van der Waals surface area (Å²) in [7, 11) is -3.31. The average molecular weight is 301 g/mol. The number of hydrogen-bond acceptors (Lipinski definition) is 3. The molecule has 0 saturated heterocycles. The first-order valence-electron chi connectivity index (χ1n) is 6.29. The smallest absolute Gasteiger partial charge is 0.229 e. The molecule has 0 unspecified atom stereocenters. The van der Waals surface area contributed by atoms with E-state index in [0.29, 0.717) is 11.3 Å². The van der Waals surface area contributed by atoms with Crippen molar-refractivity contribution in [2.75, 3.05) is 11.0 Å². The Morgan fingerprint density at radius 3 is 2.19 bits per heavy atom. The highest BCUT2D eigenvalue weighted by atomic mass is 32.2. The minimum atomic E-state index is -3.31. The summed E-state index contributed by atoms with van der Waals surface area (Å²) in [6, 6.07) is 15.8. The highest BCUT2D eigenvalue weighted by Crippen LogP contribution is 2.12.